The SMILES string of the molecule is CC(C)Sc1cnc2cc(C(N)=O)ccc2n1. The summed E-state index contributed by atoms with van der Waals surface area (Å²) >= 11 is 1.66. The molecule has 2 aromatic rings. The van der Waals surface area contributed by atoms with Crippen LogP contribution in [0.25, 0.3) is 11.0 Å². The molecular weight excluding hydrogens is 234 g/mol. The maximum atomic E-state index is 11.0. The van der Waals surface area contributed by atoms with Crippen molar-refractivity contribution < 1.29 is 4.79 Å². The van der Waals surface area contributed by atoms with E-state index in [0.717, 1.165) is 10.5 Å². The predicted octanol–water partition coefficient (Wildman–Crippen LogP) is 2.23. The molecule has 1 amide bonds. The molecular formula is C12H13N3OS. The van der Waals surface area contributed by atoms with Gasteiger partial charge in [-0.2, -0.15) is 0 Å². The molecule has 0 fully saturated rings. The average Bonchev–Trinajstić information content (AvgIpc) is 2.27. The molecule has 0 radical (unpaired) electrons. The number of fused-ring (bicyclic) bond motifs is 1. The van der Waals surface area contributed by atoms with E-state index in [1.807, 2.05) is 0 Å². The van der Waals surface area contributed by atoms with Gasteiger partial charge in [-0.3, -0.25) is 9.78 Å². The summed E-state index contributed by atoms with van der Waals surface area (Å²) < 4.78 is 0. The van der Waals surface area contributed by atoms with Gasteiger partial charge in [-0.25, -0.2) is 4.98 Å². The van der Waals surface area contributed by atoms with Crippen molar-refractivity contribution in [1.82, 2.24) is 9.97 Å². The number of nitrogens with two attached hydrogens (primary N) is 1. The molecule has 1 aromatic carbocycles. The first kappa shape index (κ1) is 11.9. The van der Waals surface area contributed by atoms with Crippen LogP contribution in [0.1, 0.15) is 24.2 Å². The van der Waals surface area contributed by atoms with Crippen LogP contribution < -0.4 is 5.73 Å². The molecule has 1 aromatic heterocycles. The minimum Gasteiger partial charge on any atom is -0.366 e. The second-order valence-electron chi connectivity index (χ2n) is 3.94. The molecule has 2 N–H and O–H groups in total. The molecule has 0 saturated heterocycles. The number of carbonyl (C=O) groups is 1. The third-order valence-electron chi connectivity index (χ3n) is 2.16. The number of primary amides is 1. The summed E-state index contributed by atoms with van der Waals surface area (Å²) in [7, 11) is 0. The summed E-state index contributed by atoms with van der Waals surface area (Å²) in [5.41, 5.74) is 7.13. The van der Waals surface area contributed by atoms with Gasteiger partial charge in [-0.1, -0.05) is 13.8 Å². The lowest BCUT2D eigenvalue weighted by atomic mass is 10.2. The number of benzene rings is 1. The highest BCUT2D eigenvalue weighted by Gasteiger charge is 2.06. The second kappa shape index (κ2) is 4.71. The maximum absolute atomic E-state index is 11.0. The van der Waals surface area contributed by atoms with Gasteiger partial charge in [0.1, 0.15) is 5.03 Å². The van der Waals surface area contributed by atoms with E-state index >= 15 is 0 Å². The third kappa shape index (κ3) is 2.74. The van der Waals surface area contributed by atoms with Crippen molar-refractivity contribution >= 4 is 28.7 Å². The average molecular weight is 247 g/mol. The number of rotatable bonds is 3. The molecule has 0 bridgehead atoms. The fourth-order valence-electron chi connectivity index (χ4n) is 1.45. The molecule has 0 unspecified atom stereocenters. The van der Waals surface area contributed by atoms with Gasteiger partial charge >= 0.3 is 0 Å². The molecule has 0 atom stereocenters. The van der Waals surface area contributed by atoms with Crippen molar-refractivity contribution in [3.63, 3.8) is 0 Å². The van der Waals surface area contributed by atoms with Gasteiger partial charge < -0.3 is 5.73 Å². The van der Waals surface area contributed by atoms with Crippen molar-refractivity contribution in [2.45, 2.75) is 24.1 Å². The maximum Gasteiger partial charge on any atom is 0.248 e. The van der Waals surface area contributed by atoms with E-state index in [1.165, 1.54) is 0 Å². The minimum absolute atomic E-state index is 0.450. The zero-order valence-electron chi connectivity index (χ0n) is 9.68. The zero-order valence-corrected chi connectivity index (χ0v) is 10.5. The van der Waals surface area contributed by atoms with Gasteiger partial charge in [0.05, 0.1) is 17.2 Å². The molecule has 0 saturated carbocycles. The van der Waals surface area contributed by atoms with E-state index < -0.39 is 5.91 Å². The predicted molar refractivity (Wildman–Crippen MR) is 69.0 cm³/mol. The summed E-state index contributed by atoms with van der Waals surface area (Å²) in [6.07, 6.45) is 1.72. The lowest BCUT2D eigenvalue weighted by Gasteiger charge is -2.05. The summed E-state index contributed by atoms with van der Waals surface area (Å²) in [5, 5.41) is 1.35. The first-order chi connectivity index (χ1) is 8.06. The minimum atomic E-state index is -0.450. The Morgan fingerprint density at radius 1 is 1.35 bits per heavy atom. The monoisotopic (exact) mass is 247 g/mol. The smallest absolute Gasteiger partial charge is 0.248 e. The standard InChI is InChI=1S/C12H13N3OS/c1-7(2)17-11-6-14-10-5-8(12(13)16)3-4-9(10)15-11/h3-7H,1-2H3,(H2,13,16). The first-order valence-electron chi connectivity index (χ1n) is 5.29. The molecule has 2 rings (SSSR count). The summed E-state index contributed by atoms with van der Waals surface area (Å²) in [6.45, 7) is 4.21. The molecule has 0 spiro atoms. The molecule has 88 valence electrons. The molecule has 0 aliphatic rings. The van der Waals surface area contributed by atoms with Crippen molar-refractivity contribution in [3.8, 4) is 0 Å². The molecule has 0 aliphatic heterocycles. The second-order valence-corrected chi connectivity index (χ2v) is 5.54. The summed E-state index contributed by atoms with van der Waals surface area (Å²) in [5.74, 6) is -0.450. The van der Waals surface area contributed by atoms with Gasteiger partial charge in [0.2, 0.25) is 5.91 Å². The number of hydrogen-bond acceptors (Lipinski definition) is 4. The first-order valence-corrected chi connectivity index (χ1v) is 6.17. The van der Waals surface area contributed by atoms with Crippen LogP contribution in [0.5, 0.6) is 0 Å². The number of aromatic nitrogens is 2. The van der Waals surface area contributed by atoms with Crippen LogP contribution in [0.2, 0.25) is 0 Å². The van der Waals surface area contributed by atoms with E-state index in [4.69, 9.17) is 5.73 Å². The van der Waals surface area contributed by atoms with Crippen molar-refractivity contribution in [2.75, 3.05) is 0 Å². The highest BCUT2D eigenvalue weighted by molar-refractivity contribution is 7.99. The fourth-order valence-corrected chi connectivity index (χ4v) is 2.19. The number of carbonyl (C=O) groups excluding carboxylic acids is 1. The van der Waals surface area contributed by atoms with Crippen LogP contribution in [-0.2, 0) is 0 Å². The van der Waals surface area contributed by atoms with Gasteiger partial charge in [-0.05, 0) is 18.2 Å². The van der Waals surface area contributed by atoms with E-state index in [-0.39, 0.29) is 0 Å². The van der Waals surface area contributed by atoms with E-state index in [9.17, 15) is 4.79 Å². The quantitative estimate of drug-likeness (QED) is 0.844. The van der Waals surface area contributed by atoms with E-state index in [0.29, 0.717) is 16.3 Å². The van der Waals surface area contributed by atoms with Crippen LogP contribution >= 0.6 is 11.8 Å². The zero-order chi connectivity index (χ0) is 12.4. The molecule has 4 nitrogen and oxygen atoms in total. The molecule has 17 heavy (non-hydrogen) atoms. The van der Waals surface area contributed by atoms with Crippen molar-refractivity contribution in [1.29, 1.82) is 0 Å². The highest BCUT2D eigenvalue weighted by Crippen LogP contribution is 2.22. The van der Waals surface area contributed by atoms with Crippen molar-refractivity contribution in [3.05, 3.63) is 30.0 Å². The van der Waals surface area contributed by atoms with Gasteiger partial charge in [0, 0.05) is 10.8 Å². The number of nitrogens with zero attached hydrogens (tertiary/aromatic N) is 2. The number of hydrogen-bond donors (Lipinski definition) is 1. The fraction of sp³-hybridized carbons (Fsp3) is 0.250. The van der Waals surface area contributed by atoms with Crippen molar-refractivity contribution in [2.24, 2.45) is 5.73 Å². The molecule has 1 heterocycles. The molecule has 5 heteroatoms. The number of thioether (sulfide) groups is 1. The van der Waals surface area contributed by atoms with Crippen LogP contribution in [-0.4, -0.2) is 21.1 Å². The van der Waals surface area contributed by atoms with Crippen LogP contribution in [0.15, 0.2) is 29.4 Å². The largest absolute Gasteiger partial charge is 0.366 e. The van der Waals surface area contributed by atoms with Crippen LogP contribution in [0, 0.1) is 0 Å². The van der Waals surface area contributed by atoms with Crippen LogP contribution in [0.3, 0.4) is 0 Å². The van der Waals surface area contributed by atoms with Crippen LogP contribution in [0.4, 0.5) is 0 Å². The Kier molecular flexibility index (Phi) is 3.28. The Morgan fingerprint density at radius 2 is 2.12 bits per heavy atom. The lowest BCUT2D eigenvalue weighted by Crippen LogP contribution is -2.10. The van der Waals surface area contributed by atoms with E-state index in [1.54, 1.807) is 36.2 Å². The highest BCUT2D eigenvalue weighted by atomic mass is 32.2. The van der Waals surface area contributed by atoms with Gasteiger partial charge in [0.25, 0.3) is 0 Å². The Balaban J connectivity index is 2.43. The summed E-state index contributed by atoms with van der Waals surface area (Å²) in [6, 6.07) is 5.10. The molecule has 0 aliphatic carbocycles. The number of amides is 1. The van der Waals surface area contributed by atoms with E-state index in [2.05, 4.69) is 23.8 Å². The van der Waals surface area contributed by atoms with Gasteiger partial charge in [0.15, 0.2) is 0 Å². The van der Waals surface area contributed by atoms with Gasteiger partial charge in [-0.15, -0.1) is 11.8 Å². The Morgan fingerprint density at radius 3 is 2.76 bits per heavy atom. The summed E-state index contributed by atoms with van der Waals surface area (Å²) in [4.78, 5) is 19.8. The Bertz CT molecular complexity index is 569. The topological polar surface area (TPSA) is 68.9 Å². The normalized spacial score (nSPS) is 11.0. The Labute approximate surface area is 104 Å². The third-order valence-corrected chi connectivity index (χ3v) is 3.07. The lowest BCUT2D eigenvalue weighted by molar-refractivity contribution is 0.100. The Hall–Kier alpha value is -1.62.